The molecule has 0 rings (SSSR count). The highest BCUT2D eigenvalue weighted by molar-refractivity contribution is 5.65. The maximum absolute atomic E-state index is 10.3. The van der Waals surface area contributed by atoms with Crippen LogP contribution in [0.5, 0.6) is 0 Å². The van der Waals surface area contributed by atoms with Crippen LogP contribution in [0.25, 0.3) is 0 Å². The Balaban J connectivity index is 3.22. The van der Waals surface area contributed by atoms with Gasteiger partial charge in [0, 0.05) is 6.92 Å². The third-order valence-corrected chi connectivity index (χ3v) is 1.38. The number of hydrogen-bond donors (Lipinski definition) is 0. The summed E-state index contributed by atoms with van der Waals surface area (Å²) in [5.41, 5.74) is 0.347. The topological polar surface area (TPSA) is 26.3 Å². The van der Waals surface area contributed by atoms with Crippen LogP contribution in [0, 0.1) is 5.41 Å². The number of ether oxygens (including phenoxy) is 1. The molecule has 0 radical (unpaired) electrons. The molecule has 0 N–H and O–H groups in total. The van der Waals surface area contributed by atoms with Gasteiger partial charge in [-0.05, 0) is 18.3 Å². The minimum Gasteiger partial charge on any atom is -0.466 e. The summed E-state index contributed by atoms with van der Waals surface area (Å²) >= 11 is 0. The molecule has 0 saturated heterocycles. The molecule has 0 spiro atoms. The van der Waals surface area contributed by atoms with Crippen LogP contribution in [0.4, 0.5) is 0 Å². The third-order valence-electron chi connectivity index (χ3n) is 1.38. The lowest BCUT2D eigenvalue weighted by Crippen LogP contribution is -2.08. The van der Waals surface area contributed by atoms with E-state index in [1.165, 1.54) is 6.92 Å². The van der Waals surface area contributed by atoms with E-state index in [-0.39, 0.29) is 5.97 Å². The highest BCUT2D eigenvalue weighted by Gasteiger charge is 2.09. The molecular formula is C9H18O2. The second-order valence-corrected chi connectivity index (χ2v) is 4.00. The molecule has 0 aromatic rings. The van der Waals surface area contributed by atoms with Gasteiger partial charge in [-0.15, -0.1) is 0 Å². The SMILES string of the molecule is CC(=O)OCCCC(C)(C)C. The third kappa shape index (κ3) is 9.47. The van der Waals surface area contributed by atoms with Crippen LogP contribution in [0.15, 0.2) is 0 Å². The Kier molecular flexibility index (Phi) is 4.16. The summed E-state index contributed by atoms with van der Waals surface area (Å²) in [6.07, 6.45) is 2.06. The molecule has 0 amide bonds. The van der Waals surface area contributed by atoms with Crippen molar-refractivity contribution in [2.24, 2.45) is 5.41 Å². The quantitative estimate of drug-likeness (QED) is 0.465. The van der Waals surface area contributed by atoms with Crippen molar-refractivity contribution in [2.45, 2.75) is 40.5 Å². The minimum atomic E-state index is -0.182. The molecular weight excluding hydrogens is 140 g/mol. The maximum atomic E-state index is 10.3. The van der Waals surface area contributed by atoms with Gasteiger partial charge < -0.3 is 4.74 Å². The van der Waals surface area contributed by atoms with E-state index in [4.69, 9.17) is 4.74 Å². The van der Waals surface area contributed by atoms with E-state index < -0.39 is 0 Å². The fourth-order valence-electron chi connectivity index (χ4n) is 0.818. The summed E-state index contributed by atoms with van der Waals surface area (Å²) in [7, 11) is 0. The molecule has 0 bridgehead atoms. The summed E-state index contributed by atoms with van der Waals surface area (Å²) < 4.78 is 4.80. The van der Waals surface area contributed by atoms with Crippen LogP contribution in [-0.4, -0.2) is 12.6 Å². The lowest BCUT2D eigenvalue weighted by atomic mass is 9.91. The van der Waals surface area contributed by atoms with E-state index in [1.54, 1.807) is 0 Å². The van der Waals surface area contributed by atoms with Crippen LogP contribution in [-0.2, 0) is 9.53 Å². The van der Waals surface area contributed by atoms with E-state index in [0.29, 0.717) is 12.0 Å². The van der Waals surface area contributed by atoms with Gasteiger partial charge in [-0.1, -0.05) is 20.8 Å². The lowest BCUT2D eigenvalue weighted by Gasteiger charge is -2.17. The number of carbonyl (C=O) groups excluding carboxylic acids is 1. The fourth-order valence-corrected chi connectivity index (χ4v) is 0.818. The maximum Gasteiger partial charge on any atom is 0.302 e. The standard InChI is InChI=1S/C9H18O2/c1-8(10)11-7-5-6-9(2,3)4/h5-7H2,1-4H3. The minimum absolute atomic E-state index is 0.182. The molecule has 0 fully saturated rings. The molecule has 0 atom stereocenters. The van der Waals surface area contributed by atoms with Gasteiger partial charge in [0.15, 0.2) is 0 Å². The van der Waals surface area contributed by atoms with Gasteiger partial charge in [0.1, 0.15) is 0 Å². The summed E-state index contributed by atoms with van der Waals surface area (Å²) in [6, 6.07) is 0. The van der Waals surface area contributed by atoms with Crippen LogP contribution < -0.4 is 0 Å². The molecule has 0 aliphatic heterocycles. The normalized spacial score (nSPS) is 11.3. The Labute approximate surface area is 68.9 Å². The van der Waals surface area contributed by atoms with Crippen LogP contribution in [0.1, 0.15) is 40.5 Å². The van der Waals surface area contributed by atoms with E-state index >= 15 is 0 Å². The van der Waals surface area contributed by atoms with Gasteiger partial charge in [0.2, 0.25) is 0 Å². The summed E-state index contributed by atoms with van der Waals surface area (Å²) in [4.78, 5) is 10.3. The first-order valence-electron chi connectivity index (χ1n) is 4.05. The van der Waals surface area contributed by atoms with Gasteiger partial charge in [0.05, 0.1) is 6.61 Å². The molecule has 0 aromatic carbocycles. The predicted molar refractivity (Wildman–Crippen MR) is 45.3 cm³/mol. The van der Waals surface area contributed by atoms with Crippen LogP contribution in [0.3, 0.4) is 0 Å². The molecule has 0 aromatic heterocycles. The van der Waals surface area contributed by atoms with Gasteiger partial charge in [-0.25, -0.2) is 0 Å². The Hall–Kier alpha value is -0.530. The second-order valence-electron chi connectivity index (χ2n) is 4.00. The van der Waals surface area contributed by atoms with Crippen molar-refractivity contribution in [2.75, 3.05) is 6.61 Å². The Morgan fingerprint density at radius 3 is 2.27 bits per heavy atom. The highest BCUT2D eigenvalue weighted by atomic mass is 16.5. The Morgan fingerprint density at radius 1 is 1.36 bits per heavy atom. The molecule has 2 nitrogen and oxygen atoms in total. The van der Waals surface area contributed by atoms with Crippen LogP contribution in [0.2, 0.25) is 0 Å². The number of carbonyl (C=O) groups is 1. The van der Waals surface area contributed by atoms with Crippen LogP contribution >= 0.6 is 0 Å². The molecule has 0 saturated carbocycles. The van der Waals surface area contributed by atoms with Crippen molar-refractivity contribution in [3.63, 3.8) is 0 Å². The molecule has 11 heavy (non-hydrogen) atoms. The molecule has 0 aliphatic rings. The largest absolute Gasteiger partial charge is 0.466 e. The zero-order chi connectivity index (χ0) is 8.91. The van der Waals surface area contributed by atoms with Crippen molar-refractivity contribution in [3.8, 4) is 0 Å². The first-order chi connectivity index (χ1) is 4.92. The lowest BCUT2D eigenvalue weighted by molar-refractivity contribution is -0.141. The summed E-state index contributed by atoms with van der Waals surface area (Å²) in [5.74, 6) is -0.182. The van der Waals surface area contributed by atoms with Gasteiger partial charge in [0.25, 0.3) is 0 Å². The Bertz CT molecular complexity index is 122. The first kappa shape index (κ1) is 10.5. The van der Waals surface area contributed by atoms with E-state index in [9.17, 15) is 4.79 Å². The molecule has 0 heterocycles. The van der Waals surface area contributed by atoms with Crippen molar-refractivity contribution in [3.05, 3.63) is 0 Å². The van der Waals surface area contributed by atoms with E-state index in [2.05, 4.69) is 20.8 Å². The van der Waals surface area contributed by atoms with Crippen molar-refractivity contribution in [1.29, 1.82) is 0 Å². The fraction of sp³-hybridized carbons (Fsp3) is 0.889. The predicted octanol–water partition coefficient (Wildman–Crippen LogP) is 2.38. The Morgan fingerprint density at radius 2 is 1.91 bits per heavy atom. The zero-order valence-electron chi connectivity index (χ0n) is 7.94. The second kappa shape index (κ2) is 4.37. The monoisotopic (exact) mass is 158 g/mol. The number of hydrogen-bond acceptors (Lipinski definition) is 2. The highest BCUT2D eigenvalue weighted by Crippen LogP contribution is 2.20. The molecule has 2 heteroatoms. The molecule has 66 valence electrons. The van der Waals surface area contributed by atoms with Gasteiger partial charge in [-0.3, -0.25) is 4.79 Å². The smallest absolute Gasteiger partial charge is 0.302 e. The average molecular weight is 158 g/mol. The van der Waals surface area contributed by atoms with Gasteiger partial charge in [-0.2, -0.15) is 0 Å². The first-order valence-corrected chi connectivity index (χ1v) is 4.05. The molecule has 0 aliphatic carbocycles. The van der Waals surface area contributed by atoms with Gasteiger partial charge >= 0.3 is 5.97 Å². The van der Waals surface area contributed by atoms with E-state index in [1.807, 2.05) is 0 Å². The molecule has 0 unspecified atom stereocenters. The van der Waals surface area contributed by atoms with E-state index in [0.717, 1.165) is 12.8 Å². The summed E-state index contributed by atoms with van der Waals surface area (Å²) in [6.45, 7) is 8.55. The average Bonchev–Trinajstić information content (AvgIpc) is 1.78. The summed E-state index contributed by atoms with van der Waals surface area (Å²) in [5, 5.41) is 0. The number of esters is 1. The zero-order valence-corrected chi connectivity index (χ0v) is 7.94. The van der Waals surface area contributed by atoms with Crippen molar-refractivity contribution < 1.29 is 9.53 Å². The number of rotatable bonds is 3. The van der Waals surface area contributed by atoms with Crippen molar-refractivity contribution in [1.82, 2.24) is 0 Å². The van der Waals surface area contributed by atoms with Crippen molar-refractivity contribution >= 4 is 5.97 Å².